The molecule has 0 unspecified atom stereocenters. The highest BCUT2D eigenvalue weighted by atomic mass is 35.5. The molecule has 33 heavy (non-hydrogen) atoms. The lowest BCUT2D eigenvalue weighted by molar-refractivity contribution is 0.164. The van der Waals surface area contributed by atoms with Crippen LogP contribution in [0.15, 0.2) is 42.6 Å². The first-order chi connectivity index (χ1) is 16.1. The van der Waals surface area contributed by atoms with Crippen LogP contribution in [0.5, 0.6) is 11.5 Å². The van der Waals surface area contributed by atoms with Crippen molar-refractivity contribution in [2.45, 2.75) is 0 Å². The highest BCUT2D eigenvalue weighted by Crippen LogP contribution is 2.33. The maximum Gasteiger partial charge on any atom is 0.155 e. The minimum atomic E-state index is 0.290. The van der Waals surface area contributed by atoms with Crippen molar-refractivity contribution in [2.75, 3.05) is 58.1 Å². The van der Waals surface area contributed by atoms with E-state index < -0.39 is 0 Å². The molecule has 9 heteroatoms. The van der Waals surface area contributed by atoms with Crippen LogP contribution in [-0.2, 0) is 0 Å². The van der Waals surface area contributed by atoms with Gasteiger partial charge in [0.05, 0.1) is 22.0 Å². The predicted molar refractivity (Wildman–Crippen MR) is 136 cm³/mol. The summed E-state index contributed by atoms with van der Waals surface area (Å²) < 4.78 is 16.0. The van der Waals surface area contributed by atoms with Crippen LogP contribution in [0.25, 0.3) is 16.6 Å². The second-order valence-electron chi connectivity index (χ2n) is 7.66. The molecule has 174 valence electrons. The zero-order valence-corrected chi connectivity index (χ0v) is 20.8. The van der Waals surface area contributed by atoms with Crippen LogP contribution in [0, 0.1) is 11.3 Å². The van der Waals surface area contributed by atoms with E-state index >= 15 is 0 Å². The minimum Gasteiger partial charge on any atom is -0.492 e. The molecule has 2 heterocycles. The topological polar surface area (TPSA) is 53.7 Å². The molecule has 1 aliphatic rings. The number of rotatable bonds is 9. The van der Waals surface area contributed by atoms with Crippen LogP contribution in [0.2, 0.25) is 5.02 Å². The van der Waals surface area contributed by atoms with Gasteiger partial charge in [-0.2, -0.15) is 5.26 Å². The van der Waals surface area contributed by atoms with Crippen molar-refractivity contribution in [3.8, 4) is 23.3 Å². The van der Waals surface area contributed by atoms with Crippen molar-refractivity contribution in [1.82, 2.24) is 13.8 Å². The molecule has 6 nitrogen and oxygen atoms in total. The van der Waals surface area contributed by atoms with Crippen LogP contribution in [0.3, 0.4) is 0 Å². The third-order valence-corrected chi connectivity index (χ3v) is 6.99. The Balaban J connectivity index is 1.45. The molecule has 2 aromatic carbocycles. The molecule has 0 radical (unpaired) electrons. The SMILES string of the molecule is CSN1CCN(CCOc2ccc3c(ccn3-c3cc(Cl)c(OCCCl)c(C#N)c3)c2)CC1. The number of benzene rings is 2. The lowest BCUT2D eigenvalue weighted by atomic mass is 10.2. The highest BCUT2D eigenvalue weighted by Gasteiger charge is 2.16. The summed E-state index contributed by atoms with van der Waals surface area (Å²) in [6.07, 6.45) is 4.09. The molecular formula is C24H26Cl2N4O2S. The van der Waals surface area contributed by atoms with Crippen molar-refractivity contribution in [3.05, 3.63) is 53.2 Å². The number of hydrogen-bond acceptors (Lipinski definition) is 6. The Kier molecular flexibility index (Phi) is 8.29. The Morgan fingerprint density at radius 3 is 2.61 bits per heavy atom. The first-order valence-electron chi connectivity index (χ1n) is 10.8. The fourth-order valence-electron chi connectivity index (χ4n) is 3.95. The summed E-state index contributed by atoms with van der Waals surface area (Å²) in [4.78, 5) is 2.44. The molecule has 0 bridgehead atoms. The Labute approximate surface area is 208 Å². The average molecular weight is 505 g/mol. The molecule has 0 atom stereocenters. The van der Waals surface area contributed by atoms with Gasteiger partial charge in [-0.05, 0) is 42.7 Å². The van der Waals surface area contributed by atoms with E-state index in [1.807, 2.05) is 47.0 Å². The van der Waals surface area contributed by atoms with E-state index in [1.54, 1.807) is 12.1 Å². The Hall–Kier alpha value is -2.08. The first kappa shape index (κ1) is 24.1. The van der Waals surface area contributed by atoms with Gasteiger partial charge < -0.3 is 14.0 Å². The quantitative estimate of drug-likeness (QED) is 0.300. The third kappa shape index (κ3) is 5.71. The second-order valence-corrected chi connectivity index (χ2v) is 9.33. The number of alkyl halides is 1. The van der Waals surface area contributed by atoms with E-state index in [9.17, 15) is 5.26 Å². The summed E-state index contributed by atoms with van der Waals surface area (Å²) in [7, 11) is 0. The average Bonchev–Trinajstić information content (AvgIpc) is 3.26. The maximum atomic E-state index is 9.56. The van der Waals surface area contributed by atoms with Crippen molar-refractivity contribution in [1.29, 1.82) is 5.26 Å². The molecule has 4 rings (SSSR count). The van der Waals surface area contributed by atoms with Gasteiger partial charge in [-0.25, -0.2) is 4.31 Å². The molecule has 0 spiro atoms. The second kappa shape index (κ2) is 11.4. The number of nitriles is 1. The van der Waals surface area contributed by atoms with Gasteiger partial charge in [-0.3, -0.25) is 4.90 Å². The zero-order chi connectivity index (χ0) is 23.2. The van der Waals surface area contributed by atoms with Gasteiger partial charge >= 0.3 is 0 Å². The number of fused-ring (bicyclic) bond motifs is 1. The lowest BCUT2D eigenvalue weighted by Gasteiger charge is -2.32. The van der Waals surface area contributed by atoms with Gasteiger partial charge in [-0.15, -0.1) is 11.6 Å². The molecule has 1 fully saturated rings. The van der Waals surface area contributed by atoms with Gasteiger partial charge in [0, 0.05) is 50.0 Å². The Morgan fingerprint density at radius 1 is 1.06 bits per heavy atom. The van der Waals surface area contributed by atoms with Gasteiger partial charge in [0.15, 0.2) is 5.75 Å². The monoisotopic (exact) mass is 504 g/mol. The zero-order valence-electron chi connectivity index (χ0n) is 18.5. The van der Waals surface area contributed by atoms with E-state index in [2.05, 4.69) is 21.5 Å². The lowest BCUT2D eigenvalue weighted by Crippen LogP contribution is -2.44. The van der Waals surface area contributed by atoms with Crippen molar-refractivity contribution < 1.29 is 9.47 Å². The number of ether oxygens (including phenoxy) is 2. The van der Waals surface area contributed by atoms with E-state index in [0.717, 1.165) is 55.1 Å². The summed E-state index contributed by atoms with van der Waals surface area (Å²) in [6, 6.07) is 13.8. The van der Waals surface area contributed by atoms with E-state index in [-0.39, 0.29) is 0 Å². The largest absolute Gasteiger partial charge is 0.492 e. The first-order valence-corrected chi connectivity index (χ1v) is 12.9. The number of aromatic nitrogens is 1. The number of halogens is 2. The molecule has 0 N–H and O–H groups in total. The van der Waals surface area contributed by atoms with E-state index in [0.29, 0.717) is 35.4 Å². The summed E-state index contributed by atoms with van der Waals surface area (Å²) >= 11 is 13.9. The summed E-state index contributed by atoms with van der Waals surface area (Å²) in [5, 5.41) is 11.0. The molecular weight excluding hydrogens is 479 g/mol. The van der Waals surface area contributed by atoms with Gasteiger partial charge in [0.1, 0.15) is 25.0 Å². The van der Waals surface area contributed by atoms with Gasteiger partial charge in [0.25, 0.3) is 0 Å². The Morgan fingerprint density at radius 2 is 1.88 bits per heavy atom. The summed E-state index contributed by atoms with van der Waals surface area (Å²) in [5.74, 6) is 1.54. The van der Waals surface area contributed by atoms with Crippen LogP contribution >= 0.6 is 35.1 Å². The number of hydrogen-bond donors (Lipinski definition) is 0. The van der Waals surface area contributed by atoms with Gasteiger partial charge in [-0.1, -0.05) is 23.5 Å². The summed E-state index contributed by atoms with van der Waals surface area (Å²) in [5.41, 5.74) is 2.18. The fraction of sp³-hybridized carbons (Fsp3) is 0.375. The summed E-state index contributed by atoms with van der Waals surface area (Å²) in [6.45, 7) is 6.23. The molecule has 1 saturated heterocycles. The Bertz CT molecular complexity index is 1140. The van der Waals surface area contributed by atoms with Crippen molar-refractivity contribution in [2.24, 2.45) is 0 Å². The molecule has 0 saturated carbocycles. The van der Waals surface area contributed by atoms with E-state index in [1.165, 1.54) is 0 Å². The van der Waals surface area contributed by atoms with Crippen LogP contribution in [0.1, 0.15) is 5.56 Å². The maximum absolute atomic E-state index is 9.56. The van der Waals surface area contributed by atoms with Crippen LogP contribution in [-0.4, -0.2) is 71.8 Å². The van der Waals surface area contributed by atoms with Crippen LogP contribution in [0.4, 0.5) is 0 Å². The smallest absolute Gasteiger partial charge is 0.155 e. The number of nitrogens with zero attached hydrogens (tertiary/aromatic N) is 4. The van der Waals surface area contributed by atoms with Crippen LogP contribution < -0.4 is 9.47 Å². The highest BCUT2D eigenvalue weighted by molar-refractivity contribution is 7.96. The molecule has 1 aliphatic heterocycles. The third-order valence-electron chi connectivity index (χ3n) is 5.68. The standard InChI is InChI=1S/C24H26Cl2N4O2S/c1-33-29-9-7-28(8-10-29)11-13-31-21-2-3-23-18(15-21)4-6-30(23)20-14-19(17-27)24(22(26)16-20)32-12-5-25/h2-4,6,14-16H,5,7-13H2,1H3. The molecule has 0 amide bonds. The molecule has 1 aromatic heterocycles. The number of piperazine rings is 1. The van der Waals surface area contributed by atoms with Crippen molar-refractivity contribution in [3.63, 3.8) is 0 Å². The fourth-order valence-corrected chi connectivity index (χ4v) is 4.83. The van der Waals surface area contributed by atoms with Gasteiger partial charge in [0.2, 0.25) is 0 Å². The normalized spacial score (nSPS) is 15.0. The van der Waals surface area contributed by atoms with Crippen molar-refractivity contribution >= 4 is 46.1 Å². The molecule has 3 aromatic rings. The van der Waals surface area contributed by atoms with E-state index in [4.69, 9.17) is 32.7 Å². The minimum absolute atomic E-state index is 0.290. The predicted octanol–water partition coefficient (Wildman–Crippen LogP) is 5.05. The molecule has 0 aliphatic carbocycles.